The Bertz CT molecular complexity index is 721. The molecule has 0 aromatic carbocycles. The van der Waals surface area contributed by atoms with Gasteiger partial charge in [0.05, 0.1) is 12.5 Å². The number of nitriles is 1. The van der Waals surface area contributed by atoms with Crippen molar-refractivity contribution in [3.63, 3.8) is 0 Å². The zero-order chi connectivity index (χ0) is 23.0. The summed E-state index contributed by atoms with van der Waals surface area (Å²) in [6.07, 6.45) is 3.65. The monoisotopic (exact) mass is 434 g/mol. The van der Waals surface area contributed by atoms with E-state index in [2.05, 4.69) is 5.32 Å². The van der Waals surface area contributed by atoms with E-state index in [1.54, 1.807) is 16.7 Å². The van der Waals surface area contributed by atoms with Gasteiger partial charge in [-0.3, -0.25) is 9.59 Å². The summed E-state index contributed by atoms with van der Waals surface area (Å²) in [6, 6.07) is 2.05. The predicted molar refractivity (Wildman–Crippen MR) is 114 cm³/mol. The quantitative estimate of drug-likeness (QED) is 0.401. The van der Waals surface area contributed by atoms with Crippen LogP contribution in [0.2, 0.25) is 0 Å². The van der Waals surface area contributed by atoms with Gasteiger partial charge in [0.2, 0.25) is 0 Å². The highest BCUT2D eigenvalue weighted by atomic mass is 16.6. The normalized spacial score (nSPS) is 18.9. The van der Waals surface area contributed by atoms with Gasteiger partial charge in [0.15, 0.2) is 0 Å². The summed E-state index contributed by atoms with van der Waals surface area (Å²) in [6.45, 7) is 9.59. The maximum Gasteiger partial charge on any atom is 0.410 e. The third-order valence-electron chi connectivity index (χ3n) is 5.36. The van der Waals surface area contributed by atoms with Crippen molar-refractivity contribution in [3.8, 4) is 6.07 Å². The lowest BCUT2D eigenvalue weighted by molar-refractivity contribution is -0.150. The second-order valence-electron chi connectivity index (χ2n) is 8.90. The van der Waals surface area contributed by atoms with Gasteiger partial charge in [-0.25, -0.2) is 4.79 Å². The highest BCUT2D eigenvalue weighted by Gasteiger charge is 2.30. The molecule has 0 aromatic rings. The summed E-state index contributed by atoms with van der Waals surface area (Å²) >= 11 is 0. The van der Waals surface area contributed by atoms with Gasteiger partial charge in [-0.05, 0) is 53.4 Å². The molecule has 2 aliphatic heterocycles. The van der Waals surface area contributed by atoms with Gasteiger partial charge < -0.3 is 24.6 Å². The van der Waals surface area contributed by atoms with Crippen LogP contribution < -0.4 is 5.32 Å². The lowest BCUT2D eigenvalue weighted by Crippen LogP contribution is -2.46. The first-order valence-electron chi connectivity index (χ1n) is 10.9. The molecule has 31 heavy (non-hydrogen) atoms. The molecule has 2 aliphatic rings. The standard InChI is InChI=1S/C22H34N4O5/c1-5-30-20(28)16-6-10-25(11-7-16)19(27)17(14-23)15-24-18-8-12-26(13-9-18)21(29)31-22(2,3)4/h15-16,18,24H,5-13H2,1-4H3/b17-15-. The molecule has 2 saturated heterocycles. The summed E-state index contributed by atoms with van der Waals surface area (Å²) < 4.78 is 10.4. The van der Waals surface area contributed by atoms with E-state index >= 15 is 0 Å². The summed E-state index contributed by atoms with van der Waals surface area (Å²) in [4.78, 5) is 40.0. The second kappa shape index (κ2) is 11.0. The number of nitrogens with one attached hydrogen (secondary N) is 1. The molecule has 0 spiro atoms. The van der Waals surface area contributed by atoms with Gasteiger partial charge in [0.1, 0.15) is 17.2 Å². The van der Waals surface area contributed by atoms with E-state index < -0.39 is 5.60 Å². The molecule has 2 rings (SSSR count). The molecule has 172 valence electrons. The average Bonchev–Trinajstić information content (AvgIpc) is 2.73. The van der Waals surface area contributed by atoms with Crippen LogP contribution in [0.15, 0.2) is 11.8 Å². The van der Waals surface area contributed by atoms with Gasteiger partial charge in [0.25, 0.3) is 5.91 Å². The van der Waals surface area contributed by atoms with E-state index in [4.69, 9.17) is 9.47 Å². The summed E-state index contributed by atoms with van der Waals surface area (Å²) in [5.74, 6) is -0.736. The van der Waals surface area contributed by atoms with Crippen molar-refractivity contribution >= 4 is 18.0 Å². The second-order valence-corrected chi connectivity index (χ2v) is 8.90. The maximum atomic E-state index is 12.7. The van der Waals surface area contributed by atoms with Crippen molar-refractivity contribution in [2.75, 3.05) is 32.8 Å². The van der Waals surface area contributed by atoms with E-state index in [0.717, 1.165) is 0 Å². The third kappa shape index (κ3) is 7.46. The lowest BCUT2D eigenvalue weighted by Gasteiger charge is -2.33. The van der Waals surface area contributed by atoms with Gasteiger partial charge in [-0.2, -0.15) is 5.26 Å². The molecular weight excluding hydrogens is 400 g/mol. The van der Waals surface area contributed by atoms with Crippen molar-refractivity contribution in [1.29, 1.82) is 5.26 Å². The van der Waals surface area contributed by atoms with Crippen LogP contribution in [-0.2, 0) is 19.1 Å². The molecule has 9 heteroatoms. The summed E-state index contributed by atoms with van der Waals surface area (Å²) in [5, 5.41) is 12.6. The Kier molecular flexibility index (Phi) is 8.72. The van der Waals surface area contributed by atoms with Crippen molar-refractivity contribution in [2.45, 2.75) is 65.0 Å². The number of esters is 1. The van der Waals surface area contributed by atoms with Crippen LogP contribution in [0.25, 0.3) is 0 Å². The number of hydrogen-bond acceptors (Lipinski definition) is 7. The Morgan fingerprint density at radius 2 is 1.65 bits per heavy atom. The lowest BCUT2D eigenvalue weighted by atomic mass is 9.96. The highest BCUT2D eigenvalue weighted by molar-refractivity contribution is 5.97. The van der Waals surface area contributed by atoms with Crippen molar-refractivity contribution < 1.29 is 23.9 Å². The van der Waals surface area contributed by atoms with Gasteiger partial charge in [0, 0.05) is 38.4 Å². The topological polar surface area (TPSA) is 112 Å². The van der Waals surface area contributed by atoms with Crippen molar-refractivity contribution in [3.05, 3.63) is 11.8 Å². The van der Waals surface area contributed by atoms with E-state index in [-0.39, 0.29) is 35.5 Å². The predicted octanol–water partition coefficient (Wildman–Crippen LogP) is 2.18. The maximum absolute atomic E-state index is 12.7. The van der Waals surface area contributed by atoms with Crippen LogP contribution in [0.5, 0.6) is 0 Å². The Morgan fingerprint density at radius 3 is 2.16 bits per heavy atom. The van der Waals surface area contributed by atoms with E-state index in [9.17, 15) is 19.6 Å². The molecule has 0 bridgehead atoms. The number of rotatable bonds is 5. The van der Waals surface area contributed by atoms with E-state index in [1.807, 2.05) is 26.8 Å². The Labute approximate surface area is 184 Å². The minimum absolute atomic E-state index is 0.0455. The molecule has 2 fully saturated rings. The molecule has 1 N–H and O–H groups in total. The fraction of sp³-hybridized carbons (Fsp3) is 0.727. The molecule has 0 aliphatic carbocycles. The van der Waals surface area contributed by atoms with Crippen LogP contribution in [0, 0.1) is 17.2 Å². The number of carbonyl (C=O) groups excluding carboxylic acids is 3. The highest BCUT2D eigenvalue weighted by Crippen LogP contribution is 2.20. The number of ether oxygens (including phenoxy) is 2. The fourth-order valence-electron chi connectivity index (χ4n) is 3.65. The molecule has 2 amide bonds. The zero-order valence-corrected chi connectivity index (χ0v) is 19.0. The number of amides is 2. The average molecular weight is 435 g/mol. The first kappa shape index (κ1) is 24.5. The van der Waals surface area contributed by atoms with Gasteiger partial charge >= 0.3 is 12.1 Å². The molecule has 0 unspecified atom stereocenters. The van der Waals surface area contributed by atoms with Gasteiger partial charge in [-0.15, -0.1) is 0 Å². The first-order chi connectivity index (χ1) is 14.6. The van der Waals surface area contributed by atoms with E-state index in [0.29, 0.717) is 58.5 Å². The molecule has 0 radical (unpaired) electrons. The van der Waals surface area contributed by atoms with Gasteiger partial charge in [-0.1, -0.05) is 0 Å². The zero-order valence-electron chi connectivity index (χ0n) is 19.0. The SMILES string of the molecule is CCOC(=O)C1CCN(C(=O)/C(C#N)=C\NC2CCN(C(=O)OC(C)(C)C)CC2)CC1. The van der Waals surface area contributed by atoms with Crippen LogP contribution >= 0.6 is 0 Å². The minimum Gasteiger partial charge on any atom is -0.466 e. The molecular formula is C22H34N4O5. The summed E-state index contributed by atoms with van der Waals surface area (Å²) in [5.41, 5.74) is -0.481. The number of likely N-dealkylation sites (tertiary alicyclic amines) is 2. The molecule has 0 aromatic heterocycles. The fourth-order valence-corrected chi connectivity index (χ4v) is 3.65. The Hall–Kier alpha value is -2.76. The number of carbonyl (C=O) groups is 3. The molecule has 2 heterocycles. The number of piperidine rings is 2. The summed E-state index contributed by atoms with van der Waals surface area (Å²) in [7, 11) is 0. The van der Waals surface area contributed by atoms with Crippen molar-refractivity contribution in [2.24, 2.45) is 5.92 Å². The number of nitrogens with zero attached hydrogens (tertiary/aromatic N) is 3. The van der Waals surface area contributed by atoms with Crippen LogP contribution in [0.4, 0.5) is 4.79 Å². The van der Waals surface area contributed by atoms with E-state index in [1.165, 1.54) is 6.20 Å². The van der Waals surface area contributed by atoms with Crippen LogP contribution in [-0.4, -0.2) is 72.2 Å². The first-order valence-corrected chi connectivity index (χ1v) is 10.9. The largest absolute Gasteiger partial charge is 0.466 e. The van der Waals surface area contributed by atoms with Crippen LogP contribution in [0.1, 0.15) is 53.4 Å². The van der Waals surface area contributed by atoms with Crippen LogP contribution in [0.3, 0.4) is 0 Å². The third-order valence-corrected chi connectivity index (χ3v) is 5.36. The Balaban J connectivity index is 1.81. The number of hydrogen-bond donors (Lipinski definition) is 1. The smallest absolute Gasteiger partial charge is 0.410 e. The molecule has 0 atom stereocenters. The molecule has 0 saturated carbocycles. The Morgan fingerprint density at radius 1 is 1.06 bits per heavy atom. The van der Waals surface area contributed by atoms with Crippen molar-refractivity contribution in [1.82, 2.24) is 15.1 Å². The minimum atomic E-state index is -0.526. The molecule has 9 nitrogen and oxygen atoms in total.